The Morgan fingerprint density at radius 2 is 2.11 bits per heavy atom. The summed E-state index contributed by atoms with van der Waals surface area (Å²) in [6.45, 7) is 3.52. The molecule has 0 unspecified atom stereocenters. The maximum atomic E-state index is 12.0. The minimum absolute atomic E-state index is 0.157. The fourth-order valence-corrected chi connectivity index (χ4v) is 1.98. The van der Waals surface area contributed by atoms with E-state index in [9.17, 15) is 10.1 Å². The molecule has 5 heteroatoms. The molecule has 5 nitrogen and oxygen atoms in total. The van der Waals surface area contributed by atoms with Gasteiger partial charge in [0, 0.05) is 0 Å². The molecule has 0 atom stereocenters. The van der Waals surface area contributed by atoms with E-state index >= 15 is 0 Å². The van der Waals surface area contributed by atoms with E-state index in [1.54, 1.807) is 32.0 Å². The highest BCUT2D eigenvalue weighted by molar-refractivity contribution is 6.04. The van der Waals surface area contributed by atoms with E-state index in [2.05, 4.69) is 11.4 Å². The lowest BCUT2D eigenvalue weighted by atomic mass is 10.0. The molecular formula is C13H12N4O. The van der Waals surface area contributed by atoms with Crippen molar-refractivity contribution < 1.29 is 4.79 Å². The van der Waals surface area contributed by atoms with Gasteiger partial charge in [0.1, 0.15) is 5.54 Å². The summed E-state index contributed by atoms with van der Waals surface area (Å²) < 4.78 is 0. The fourth-order valence-electron chi connectivity index (χ4n) is 1.98. The molecule has 0 saturated heterocycles. The minimum Gasteiger partial charge on any atom is -0.374 e. The molecular weight excluding hydrogens is 228 g/mol. The van der Waals surface area contributed by atoms with E-state index in [1.165, 1.54) is 4.90 Å². The zero-order valence-electron chi connectivity index (χ0n) is 10.2. The van der Waals surface area contributed by atoms with Crippen molar-refractivity contribution in [3.63, 3.8) is 0 Å². The van der Waals surface area contributed by atoms with Crippen molar-refractivity contribution in [2.75, 3.05) is 16.8 Å². The largest absolute Gasteiger partial charge is 0.374 e. The van der Waals surface area contributed by atoms with E-state index in [1.807, 2.05) is 6.07 Å². The van der Waals surface area contributed by atoms with Crippen LogP contribution in [0.15, 0.2) is 18.2 Å². The zero-order chi connectivity index (χ0) is 13.3. The monoisotopic (exact) mass is 240 g/mol. The first kappa shape index (κ1) is 11.9. The molecule has 0 saturated carbocycles. The van der Waals surface area contributed by atoms with E-state index in [0.29, 0.717) is 11.3 Å². The van der Waals surface area contributed by atoms with Gasteiger partial charge >= 0.3 is 0 Å². The third kappa shape index (κ3) is 1.76. The third-order valence-corrected chi connectivity index (χ3v) is 2.88. The average molecular weight is 240 g/mol. The predicted octanol–water partition coefficient (Wildman–Crippen LogP) is 1.62. The third-order valence-electron chi connectivity index (χ3n) is 2.88. The van der Waals surface area contributed by atoms with Crippen molar-refractivity contribution in [2.24, 2.45) is 0 Å². The second kappa shape index (κ2) is 4.05. The van der Waals surface area contributed by atoms with Gasteiger partial charge in [-0.15, -0.1) is 0 Å². The van der Waals surface area contributed by atoms with Gasteiger partial charge in [0.15, 0.2) is 0 Å². The van der Waals surface area contributed by atoms with Gasteiger partial charge < -0.3 is 5.32 Å². The second-order valence-electron chi connectivity index (χ2n) is 4.60. The van der Waals surface area contributed by atoms with Crippen LogP contribution in [-0.2, 0) is 4.79 Å². The van der Waals surface area contributed by atoms with Crippen molar-refractivity contribution in [3.05, 3.63) is 23.8 Å². The molecule has 0 fully saturated rings. The standard InChI is InChI=1S/C13H12N4O/c1-13(2,8-15)17-11-5-9(6-14)3-4-10(11)16-7-12(17)18/h3-5,16H,7H2,1-2H3. The molecule has 0 radical (unpaired) electrons. The normalized spacial score (nSPS) is 14.2. The molecule has 0 bridgehead atoms. The summed E-state index contributed by atoms with van der Waals surface area (Å²) in [4.78, 5) is 13.4. The summed E-state index contributed by atoms with van der Waals surface area (Å²) in [5.74, 6) is -0.177. The van der Waals surface area contributed by atoms with Crippen LogP contribution >= 0.6 is 0 Å². The van der Waals surface area contributed by atoms with Gasteiger partial charge in [-0.2, -0.15) is 10.5 Å². The molecule has 1 aromatic carbocycles. The predicted molar refractivity (Wildman–Crippen MR) is 66.8 cm³/mol. The average Bonchev–Trinajstić information content (AvgIpc) is 2.37. The summed E-state index contributed by atoms with van der Waals surface area (Å²) in [6, 6.07) is 9.20. The molecule has 1 N–H and O–H groups in total. The molecule has 1 amide bonds. The summed E-state index contributed by atoms with van der Waals surface area (Å²) in [7, 11) is 0. The Hall–Kier alpha value is -2.53. The van der Waals surface area contributed by atoms with Gasteiger partial charge in [-0.1, -0.05) is 0 Å². The number of nitrogens with one attached hydrogen (secondary N) is 1. The van der Waals surface area contributed by atoms with E-state index in [0.717, 1.165) is 5.69 Å². The van der Waals surface area contributed by atoms with Crippen LogP contribution in [0.2, 0.25) is 0 Å². The number of nitrogens with zero attached hydrogens (tertiary/aromatic N) is 3. The highest BCUT2D eigenvalue weighted by Gasteiger charge is 2.36. The van der Waals surface area contributed by atoms with Crippen molar-refractivity contribution in [1.29, 1.82) is 10.5 Å². The first-order valence-corrected chi connectivity index (χ1v) is 5.52. The van der Waals surface area contributed by atoms with E-state index in [-0.39, 0.29) is 12.5 Å². The lowest BCUT2D eigenvalue weighted by Gasteiger charge is -2.37. The molecule has 1 heterocycles. The lowest BCUT2D eigenvalue weighted by molar-refractivity contribution is -0.117. The highest BCUT2D eigenvalue weighted by atomic mass is 16.2. The number of fused-ring (bicyclic) bond motifs is 1. The number of anilines is 2. The number of carbonyl (C=O) groups excluding carboxylic acids is 1. The molecule has 90 valence electrons. The lowest BCUT2D eigenvalue weighted by Crippen LogP contribution is -2.51. The number of carbonyl (C=O) groups is 1. The van der Waals surface area contributed by atoms with Crippen molar-refractivity contribution >= 4 is 17.3 Å². The van der Waals surface area contributed by atoms with E-state index < -0.39 is 5.54 Å². The van der Waals surface area contributed by atoms with Gasteiger partial charge in [-0.25, -0.2) is 0 Å². The Morgan fingerprint density at radius 3 is 2.72 bits per heavy atom. The van der Waals surface area contributed by atoms with Crippen molar-refractivity contribution in [2.45, 2.75) is 19.4 Å². The number of hydrogen-bond acceptors (Lipinski definition) is 4. The van der Waals surface area contributed by atoms with Crippen LogP contribution in [0.25, 0.3) is 0 Å². The number of nitriles is 2. The van der Waals surface area contributed by atoms with Crippen LogP contribution in [-0.4, -0.2) is 18.0 Å². The minimum atomic E-state index is -0.942. The van der Waals surface area contributed by atoms with Gasteiger partial charge in [0.25, 0.3) is 0 Å². The first-order valence-electron chi connectivity index (χ1n) is 5.52. The molecule has 1 aromatic rings. The van der Waals surface area contributed by atoms with E-state index in [4.69, 9.17) is 5.26 Å². The van der Waals surface area contributed by atoms with Gasteiger partial charge in [-0.3, -0.25) is 9.69 Å². The number of amides is 1. The number of hydrogen-bond donors (Lipinski definition) is 1. The molecule has 0 aromatic heterocycles. The van der Waals surface area contributed by atoms with Crippen molar-refractivity contribution in [1.82, 2.24) is 0 Å². The van der Waals surface area contributed by atoms with Gasteiger partial charge in [-0.05, 0) is 32.0 Å². The van der Waals surface area contributed by atoms with Gasteiger partial charge in [0.05, 0.1) is 35.6 Å². The Morgan fingerprint density at radius 1 is 1.39 bits per heavy atom. The van der Waals surface area contributed by atoms with Crippen LogP contribution in [0.4, 0.5) is 11.4 Å². The number of rotatable bonds is 1. The van der Waals surface area contributed by atoms with Crippen LogP contribution in [0, 0.1) is 22.7 Å². The Kier molecular flexibility index (Phi) is 2.68. The SMILES string of the molecule is CC(C)(C#N)N1C(=O)CNc2ccc(C#N)cc21. The van der Waals surface area contributed by atoms with Gasteiger partial charge in [0.2, 0.25) is 5.91 Å². The summed E-state index contributed by atoms with van der Waals surface area (Å²) in [5.41, 5.74) is 0.861. The molecule has 1 aliphatic rings. The van der Waals surface area contributed by atoms with Crippen LogP contribution in [0.5, 0.6) is 0 Å². The Balaban J connectivity index is 2.61. The second-order valence-corrected chi connectivity index (χ2v) is 4.60. The quantitative estimate of drug-likeness (QED) is 0.808. The van der Waals surface area contributed by atoms with Crippen LogP contribution in [0.3, 0.4) is 0 Å². The highest BCUT2D eigenvalue weighted by Crippen LogP contribution is 2.34. The molecule has 0 aliphatic carbocycles. The first-order chi connectivity index (χ1) is 8.49. The van der Waals surface area contributed by atoms with Crippen LogP contribution < -0.4 is 10.2 Å². The molecule has 2 rings (SSSR count). The van der Waals surface area contributed by atoms with Crippen molar-refractivity contribution in [3.8, 4) is 12.1 Å². The maximum Gasteiger partial charge on any atom is 0.247 e. The summed E-state index contributed by atoms with van der Waals surface area (Å²) in [6.07, 6.45) is 0. The van der Waals surface area contributed by atoms with Crippen LogP contribution in [0.1, 0.15) is 19.4 Å². The molecule has 1 aliphatic heterocycles. The molecule has 0 spiro atoms. The maximum absolute atomic E-state index is 12.0. The number of benzene rings is 1. The Bertz CT molecular complexity index is 592. The zero-order valence-corrected chi connectivity index (χ0v) is 10.2. The Labute approximate surface area is 105 Å². The smallest absolute Gasteiger partial charge is 0.247 e. The summed E-state index contributed by atoms with van der Waals surface area (Å²) >= 11 is 0. The topological polar surface area (TPSA) is 79.9 Å². The summed E-state index contributed by atoms with van der Waals surface area (Å²) in [5, 5.41) is 21.1. The fraction of sp³-hybridized carbons (Fsp3) is 0.308. The molecule has 18 heavy (non-hydrogen) atoms.